The van der Waals surface area contributed by atoms with Gasteiger partial charge in [-0.3, -0.25) is 9.59 Å². The average Bonchev–Trinajstić information content (AvgIpc) is 2.86. The molecule has 1 saturated heterocycles. The molecule has 0 aliphatic carbocycles. The second kappa shape index (κ2) is 9.95. The fourth-order valence-corrected chi connectivity index (χ4v) is 4.07. The molecule has 0 atom stereocenters. The van der Waals surface area contributed by atoms with Crippen molar-refractivity contribution in [3.63, 3.8) is 0 Å². The van der Waals surface area contributed by atoms with E-state index in [-0.39, 0.29) is 5.57 Å². The molecule has 4 amide bonds. The van der Waals surface area contributed by atoms with E-state index in [0.717, 1.165) is 20.9 Å². The van der Waals surface area contributed by atoms with Gasteiger partial charge >= 0.3 is 6.03 Å². The van der Waals surface area contributed by atoms with Crippen LogP contribution in [-0.4, -0.2) is 39.2 Å². The highest BCUT2D eigenvalue weighted by Gasteiger charge is 2.43. The van der Waals surface area contributed by atoms with Crippen LogP contribution in [0.5, 0.6) is 17.2 Å². The quantitative estimate of drug-likeness (QED) is 0.364. The summed E-state index contributed by atoms with van der Waals surface area (Å²) in [7, 11) is 4.43. The fraction of sp³-hybridized carbons (Fsp3) is 0.179. The normalized spacial score (nSPS) is 13.7. The highest BCUT2D eigenvalue weighted by atomic mass is 16.5. The summed E-state index contributed by atoms with van der Waals surface area (Å²) in [5.74, 6) is -0.356. The monoisotopic (exact) mass is 486 g/mol. The zero-order valence-corrected chi connectivity index (χ0v) is 20.7. The molecule has 1 fully saturated rings. The van der Waals surface area contributed by atoms with Crippen molar-refractivity contribution >= 4 is 35.3 Å². The molecular formula is C28H26N2O6. The van der Waals surface area contributed by atoms with Crippen LogP contribution in [0.3, 0.4) is 0 Å². The van der Waals surface area contributed by atoms with Crippen LogP contribution in [0.1, 0.15) is 16.7 Å². The third kappa shape index (κ3) is 4.40. The number of barbiturate groups is 1. The number of imide groups is 2. The third-order valence-corrected chi connectivity index (χ3v) is 5.77. The van der Waals surface area contributed by atoms with Crippen molar-refractivity contribution in [2.45, 2.75) is 13.8 Å². The molecule has 0 N–H and O–H groups in total. The highest BCUT2D eigenvalue weighted by molar-refractivity contribution is 6.46. The summed E-state index contributed by atoms with van der Waals surface area (Å²) < 4.78 is 16.2. The van der Waals surface area contributed by atoms with Gasteiger partial charge in [-0.05, 0) is 73.0 Å². The number of methoxy groups -OCH3 is 3. The van der Waals surface area contributed by atoms with Crippen molar-refractivity contribution in [2.75, 3.05) is 31.1 Å². The first-order valence-corrected chi connectivity index (χ1v) is 11.2. The van der Waals surface area contributed by atoms with Crippen LogP contribution in [0.15, 0.2) is 66.2 Å². The Morgan fingerprint density at radius 3 is 1.53 bits per heavy atom. The first-order valence-electron chi connectivity index (χ1n) is 11.2. The topological polar surface area (TPSA) is 85.4 Å². The first-order chi connectivity index (χ1) is 17.3. The minimum absolute atomic E-state index is 0.188. The largest absolute Gasteiger partial charge is 0.493 e. The Morgan fingerprint density at radius 2 is 1.14 bits per heavy atom. The molecule has 0 spiro atoms. The summed E-state index contributed by atoms with van der Waals surface area (Å²) in [4.78, 5) is 42.9. The maximum atomic E-state index is 13.6. The van der Waals surface area contributed by atoms with Crippen LogP contribution in [0, 0.1) is 13.8 Å². The number of carbonyl (C=O) groups excluding carboxylic acids is 3. The molecule has 184 valence electrons. The van der Waals surface area contributed by atoms with Gasteiger partial charge in [0.05, 0.1) is 32.7 Å². The van der Waals surface area contributed by atoms with Crippen LogP contribution in [0.4, 0.5) is 16.2 Å². The summed E-state index contributed by atoms with van der Waals surface area (Å²) in [5, 5.41) is 0. The molecule has 36 heavy (non-hydrogen) atoms. The number of anilines is 2. The fourth-order valence-electron chi connectivity index (χ4n) is 4.07. The van der Waals surface area contributed by atoms with Crippen LogP contribution < -0.4 is 24.0 Å². The summed E-state index contributed by atoms with van der Waals surface area (Å²) >= 11 is 0. The number of rotatable bonds is 6. The van der Waals surface area contributed by atoms with Crippen molar-refractivity contribution in [3.8, 4) is 17.2 Å². The Hall–Kier alpha value is -4.59. The lowest BCUT2D eigenvalue weighted by Gasteiger charge is -2.34. The minimum Gasteiger partial charge on any atom is -0.493 e. The van der Waals surface area contributed by atoms with Crippen molar-refractivity contribution in [3.05, 3.63) is 82.9 Å². The van der Waals surface area contributed by atoms with Gasteiger partial charge in [0.25, 0.3) is 11.8 Å². The van der Waals surface area contributed by atoms with E-state index in [4.69, 9.17) is 14.2 Å². The molecule has 1 aliphatic rings. The second-order valence-electron chi connectivity index (χ2n) is 8.26. The van der Waals surface area contributed by atoms with Gasteiger partial charge in [0.2, 0.25) is 5.75 Å². The Labute approximate surface area is 209 Å². The predicted molar refractivity (Wildman–Crippen MR) is 137 cm³/mol. The zero-order chi connectivity index (χ0) is 26.0. The third-order valence-electron chi connectivity index (χ3n) is 5.77. The lowest BCUT2D eigenvalue weighted by molar-refractivity contribution is -0.121. The van der Waals surface area contributed by atoms with Crippen molar-refractivity contribution in [1.82, 2.24) is 0 Å². The van der Waals surface area contributed by atoms with E-state index >= 15 is 0 Å². The minimum atomic E-state index is -0.747. The second-order valence-corrected chi connectivity index (χ2v) is 8.26. The standard InChI is InChI=1S/C28H26N2O6/c1-17-8-6-10-20(12-17)29-26(31)22(14-19-15-23(34-3)25(36-5)24(16-19)35-4)27(32)30(28(29)33)21-11-7-9-18(2)13-21/h6-16H,1-5H3. The molecular weight excluding hydrogens is 460 g/mol. The van der Waals surface area contributed by atoms with Crippen LogP contribution in [0.2, 0.25) is 0 Å². The van der Waals surface area contributed by atoms with Gasteiger partial charge in [0.15, 0.2) is 11.5 Å². The molecule has 3 aromatic carbocycles. The maximum Gasteiger partial charge on any atom is 0.343 e. The van der Waals surface area contributed by atoms with E-state index in [2.05, 4.69) is 0 Å². The molecule has 1 aliphatic heterocycles. The van der Waals surface area contributed by atoms with Crippen molar-refractivity contribution in [2.24, 2.45) is 0 Å². The lowest BCUT2D eigenvalue weighted by atomic mass is 10.0. The van der Waals surface area contributed by atoms with Crippen molar-refractivity contribution in [1.29, 1.82) is 0 Å². The molecule has 0 unspecified atom stereocenters. The smallest absolute Gasteiger partial charge is 0.343 e. The summed E-state index contributed by atoms with van der Waals surface area (Å²) in [6.07, 6.45) is 1.42. The number of nitrogens with zero attached hydrogens (tertiary/aromatic N) is 2. The lowest BCUT2D eigenvalue weighted by Crippen LogP contribution is -2.57. The van der Waals surface area contributed by atoms with E-state index in [9.17, 15) is 14.4 Å². The van der Waals surface area contributed by atoms with Gasteiger partial charge in [-0.15, -0.1) is 0 Å². The molecule has 0 aromatic heterocycles. The molecule has 3 aromatic rings. The SMILES string of the molecule is COc1cc(C=C2C(=O)N(c3cccc(C)c3)C(=O)N(c3cccc(C)c3)C2=O)cc(OC)c1OC. The van der Waals surface area contributed by atoms with E-state index in [1.54, 1.807) is 48.5 Å². The molecule has 1 heterocycles. The Morgan fingerprint density at radius 1 is 0.667 bits per heavy atom. The molecule has 0 radical (unpaired) electrons. The molecule has 4 rings (SSSR count). The van der Waals surface area contributed by atoms with Gasteiger partial charge in [-0.2, -0.15) is 0 Å². The first kappa shape index (κ1) is 24.5. The highest BCUT2D eigenvalue weighted by Crippen LogP contribution is 2.39. The van der Waals surface area contributed by atoms with E-state index in [1.165, 1.54) is 27.4 Å². The number of aryl methyl sites for hydroxylation is 2. The average molecular weight is 487 g/mol. The van der Waals surface area contributed by atoms with Gasteiger partial charge in [0.1, 0.15) is 5.57 Å². The van der Waals surface area contributed by atoms with Gasteiger partial charge in [-0.1, -0.05) is 24.3 Å². The number of benzene rings is 3. The number of ether oxygens (including phenoxy) is 3. The van der Waals surface area contributed by atoms with Crippen LogP contribution in [-0.2, 0) is 9.59 Å². The van der Waals surface area contributed by atoms with E-state index in [0.29, 0.717) is 34.2 Å². The summed E-state index contributed by atoms with van der Waals surface area (Å²) in [6, 6.07) is 16.5. The maximum absolute atomic E-state index is 13.6. The van der Waals surface area contributed by atoms with Crippen molar-refractivity contribution < 1.29 is 28.6 Å². The number of urea groups is 1. The van der Waals surface area contributed by atoms with E-state index in [1.807, 2.05) is 26.0 Å². The Balaban J connectivity index is 1.91. The van der Waals surface area contributed by atoms with Gasteiger partial charge in [-0.25, -0.2) is 14.6 Å². The van der Waals surface area contributed by atoms with Crippen LogP contribution in [0.25, 0.3) is 6.08 Å². The molecule has 8 nitrogen and oxygen atoms in total. The molecule has 0 saturated carbocycles. The van der Waals surface area contributed by atoms with Crippen LogP contribution >= 0.6 is 0 Å². The van der Waals surface area contributed by atoms with Gasteiger partial charge < -0.3 is 14.2 Å². The number of hydrogen-bond acceptors (Lipinski definition) is 6. The summed E-state index contributed by atoms with van der Waals surface area (Å²) in [6.45, 7) is 3.72. The zero-order valence-electron chi connectivity index (χ0n) is 20.7. The summed E-state index contributed by atoms with van der Waals surface area (Å²) in [5.41, 5.74) is 2.73. The molecule has 8 heteroatoms. The Bertz CT molecular complexity index is 1300. The van der Waals surface area contributed by atoms with E-state index < -0.39 is 17.8 Å². The predicted octanol–water partition coefficient (Wildman–Crippen LogP) is 4.91. The number of amides is 4. The number of carbonyl (C=O) groups is 3. The van der Waals surface area contributed by atoms with Gasteiger partial charge in [0, 0.05) is 0 Å². The molecule has 0 bridgehead atoms. The number of hydrogen-bond donors (Lipinski definition) is 0. The Kier molecular flexibility index (Phi) is 6.78.